The molecule has 0 spiro atoms. The Morgan fingerprint density at radius 1 is 1.41 bits per heavy atom. The van der Waals surface area contributed by atoms with E-state index in [0.29, 0.717) is 35.5 Å². The lowest BCUT2D eigenvalue weighted by atomic mass is 10.3. The SMILES string of the molecule is CNC(=O)CSc1cc2c(cc1Cl)OCCO2. The van der Waals surface area contributed by atoms with Gasteiger partial charge in [-0.25, -0.2) is 0 Å². The summed E-state index contributed by atoms with van der Waals surface area (Å²) in [6.45, 7) is 1.07. The number of ether oxygens (including phenoxy) is 2. The molecule has 92 valence electrons. The maximum absolute atomic E-state index is 11.2. The fourth-order valence-electron chi connectivity index (χ4n) is 1.37. The molecule has 1 aliphatic rings. The molecule has 0 fully saturated rings. The normalized spacial score (nSPS) is 13.3. The summed E-state index contributed by atoms with van der Waals surface area (Å²) in [7, 11) is 1.61. The van der Waals surface area contributed by atoms with E-state index in [9.17, 15) is 4.79 Å². The lowest BCUT2D eigenvalue weighted by molar-refractivity contribution is -0.118. The van der Waals surface area contributed by atoms with Crippen molar-refractivity contribution in [2.45, 2.75) is 4.90 Å². The van der Waals surface area contributed by atoms with Gasteiger partial charge in [0.05, 0.1) is 10.8 Å². The molecule has 6 heteroatoms. The van der Waals surface area contributed by atoms with Crippen LogP contribution >= 0.6 is 23.4 Å². The molecule has 1 heterocycles. The van der Waals surface area contributed by atoms with Crippen molar-refractivity contribution in [1.82, 2.24) is 5.32 Å². The van der Waals surface area contributed by atoms with Crippen LogP contribution in [0.25, 0.3) is 0 Å². The Bertz CT molecular complexity index is 439. The van der Waals surface area contributed by atoms with Gasteiger partial charge in [0.25, 0.3) is 0 Å². The largest absolute Gasteiger partial charge is 0.486 e. The fraction of sp³-hybridized carbons (Fsp3) is 0.364. The number of thioether (sulfide) groups is 1. The maximum atomic E-state index is 11.2. The first-order valence-corrected chi connectivity index (χ1v) is 6.49. The van der Waals surface area contributed by atoms with Crippen LogP contribution in [-0.2, 0) is 4.79 Å². The van der Waals surface area contributed by atoms with Gasteiger partial charge in [-0.1, -0.05) is 11.6 Å². The summed E-state index contributed by atoms with van der Waals surface area (Å²) < 4.78 is 10.9. The Balaban J connectivity index is 2.14. The third-order valence-corrected chi connectivity index (χ3v) is 3.71. The summed E-state index contributed by atoms with van der Waals surface area (Å²) >= 11 is 7.47. The van der Waals surface area contributed by atoms with Crippen molar-refractivity contribution >= 4 is 29.3 Å². The van der Waals surface area contributed by atoms with E-state index in [2.05, 4.69) is 5.32 Å². The molecule has 0 aliphatic carbocycles. The molecule has 0 unspecified atom stereocenters. The minimum absolute atomic E-state index is 0.0408. The second-order valence-electron chi connectivity index (χ2n) is 3.39. The molecule has 0 atom stereocenters. The average Bonchev–Trinajstić information content (AvgIpc) is 2.35. The van der Waals surface area contributed by atoms with Crippen LogP contribution in [0.1, 0.15) is 0 Å². The quantitative estimate of drug-likeness (QED) is 0.855. The molecule has 0 aromatic heterocycles. The van der Waals surface area contributed by atoms with Crippen molar-refractivity contribution in [3.8, 4) is 11.5 Å². The van der Waals surface area contributed by atoms with Crippen LogP contribution in [0, 0.1) is 0 Å². The number of hydrogen-bond acceptors (Lipinski definition) is 4. The predicted octanol–water partition coefficient (Wildman–Crippen LogP) is 1.95. The molecule has 4 nitrogen and oxygen atoms in total. The maximum Gasteiger partial charge on any atom is 0.230 e. The van der Waals surface area contributed by atoms with Gasteiger partial charge in [0.15, 0.2) is 11.5 Å². The number of nitrogens with one attached hydrogen (secondary N) is 1. The first kappa shape index (κ1) is 12.4. The molecule has 1 aromatic carbocycles. The molecular weight excluding hydrogens is 262 g/mol. The Hall–Kier alpha value is -1.07. The van der Waals surface area contributed by atoms with Crippen LogP contribution in [0.3, 0.4) is 0 Å². The van der Waals surface area contributed by atoms with E-state index in [0.717, 1.165) is 4.90 Å². The second-order valence-corrected chi connectivity index (χ2v) is 4.81. The van der Waals surface area contributed by atoms with Crippen molar-refractivity contribution < 1.29 is 14.3 Å². The molecule has 1 aliphatic heterocycles. The van der Waals surface area contributed by atoms with E-state index >= 15 is 0 Å². The van der Waals surface area contributed by atoms with Crippen molar-refractivity contribution in [2.24, 2.45) is 0 Å². The minimum Gasteiger partial charge on any atom is -0.486 e. The van der Waals surface area contributed by atoms with E-state index in [1.165, 1.54) is 11.8 Å². The van der Waals surface area contributed by atoms with Crippen LogP contribution in [0.15, 0.2) is 17.0 Å². The van der Waals surface area contributed by atoms with Gasteiger partial charge in [0.2, 0.25) is 5.91 Å². The summed E-state index contributed by atoms with van der Waals surface area (Å²) in [5.41, 5.74) is 0. The van der Waals surface area contributed by atoms with Crippen molar-refractivity contribution in [1.29, 1.82) is 0 Å². The van der Waals surface area contributed by atoms with Crippen LogP contribution in [0.5, 0.6) is 11.5 Å². The highest BCUT2D eigenvalue weighted by Gasteiger charge is 2.15. The monoisotopic (exact) mass is 273 g/mol. The predicted molar refractivity (Wildman–Crippen MR) is 67.2 cm³/mol. The number of amides is 1. The number of fused-ring (bicyclic) bond motifs is 1. The molecule has 0 saturated carbocycles. The van der Waals surface area contributed by atoms with E-state index in [4.69, 9.17) is 21.1 Å². The van der Waals surface area contributed by atoms with Crippen molar-refractivity contribution in [3.05, 3.63) is 17.2 Å². The third kappa shape index (κ3) is 2.98. The molecule has 1 amide bonds. The number of halogens is 1. The molecule has 0 saturated heterocycles. The summed E-state index contributed by atoms with van der Waals surface area (Å²) in [6.07, 6.45) is 0. The van der Waals surface area contributed by atoms with Crippen LogP contribution < -0.4 is 14.8 Å². The first-order valence-electron chi connectivity index (χ1n) is 5.13. The van der Waals surface area contributed by atoms with Crippen LogP contribution in [-0.4, -0.2) is 31.9 Å². The van der Waals surface area contributed by atoms with Gasteiger partial charge in [-0.2, -0.15) is 0 Å². The molecule has 1 N–H and O–H groups in total. The molecule has 17 heavy (non-hydrogen) atoms. The van der Waals surface area contributed by atoms with Gasteiger partial charge in [-0.3, -0.25) is 4.79 Å². The fourth-order valence-corrected chi connectivity index (χ4v) is 2.51. The van der Waals surface area contributed by atoms with Gasteiger partial charge in [-0.15, -0.1) is 11.8 Å². The summed E-state index contributed by atoms with van der Waals surface area (Å²) in [5, 5.41) is 3.13. The van der Waals surface area contributed by atoms with Crippen LogP contribution in [0.2, 0.25) is 5.02 Å². The zero-order chi connectivity index (χ0) is 12.3. The number of rotatable bonds is 3. The molecule has 2 rings (SSSR count). The summed E-state index contributed by atoms with van der Waals surface area (Å²) in [4.78, 5) is 12.0. The van der Waals surface area contributed by atoms with Gasteiger partial charge >= 0.3 is 0 Å². The Kier molecular flexibility index (Phi) is 4.02. The Labute approximate surface area is 109 Å². The smallest absolute Gasteiger partial charge is 0.230 e. The number of carbonyl (C=O) groups excluding carboxylic acids is 1. The van der Waals surface area contributed by atoms with Gasteiger partial charge in [0.1, 0.15) is 13.2 Å². The number of hydrogen-bond donors (Lipinski definition) is 1. The Morgan fingerprint density at radius 2 is 2.06 bits per heavy atom. The summed E-state index contributed by atoms with van der Waals surface area (Å²) in [6, 6.07) is 3.53. The van der Waals surface area contributed by atoms with Crippen molar-refractivity contribution in [3.63, 3.8) is 0 Å². The van der Waals surface area contributed by atoms with Gasteiger partial charge < -0.3 is 14.8 Å². The average molecular weight is 274 g/mol. The van der Waals surface area contributed by atoms with Gasteiger partial charge in [-0.05, 0) is 6.07 Å². The first-order chi connectivity index (χ1) is 8.20. The third-order valence-electron chi connectivity index (χ3n) is 2.23. The van der Waals surface area contributed by atoms with E-state index < -0.39 is 0 Å². The standard InChI is InChI=1S/C11H12ClNO3S/c1-13-11(14)6-17-10-5-9-8(4-7(10)12)15-2-3-16-9/h4-5H,2-3,6H2,1H3,(H,13,14). The van der Waals surface area contributed by atoms with Crippen LogP contribution in [0.4, 0.5) is 0 Å². The lowest BCUT2D eigenvalue weighted by Crippen LogP contribution is -2.19. The molecule has 1 aromatic rings. The number of benzene rings is 1. The topological polar surface area (TPSA) is 47.6 Å². The highest BCUT2D eigenvalue weighted by molar-refractivity contribution is 8.00. The molecule has 0 bridgehead atoms. The van der Waals surface area contributed by atoms with E-state index in [-0.39, 0.29) is 5.91 Å². The van der Waals surface area contributed by atoms with E-state index in [1.807, 2.05) is 6.07 Å². The zero-order valence-electron chi connectivity index (χ0n) is 9.29. The van der Waals surface area contributed by atoms with Crippen molar-refractivity contribution in [2.75, 3.05) is 26.0 Å². The molecule has 0 radical (unpaired) electrons. The highest BCUT2D eigenvalue weighted by atomic mass is 35.5. The summed E-state index contributed by atoms with van der Waals surface area (Å²) in [5.74, 6) is 1.63. The Morgan fingerprint density at radius 3 is 2.71 bits per heavy atom. The molecular formula is C11H12ClNO3S. The number of carbonyl (C=O) groups is 1. The van der Waals surface area contributed by atoms with E-state index in [1.54, 1.807) is 13.1 Å². The zero-order valence-corrected chi connectivity index (χ0v) is 10.9. The highest BCUT2D eigenvalue weighted by Crippen LogP contribution is 2.39. The lowest BCUT2D eigenvalue weighted by Gasteiger charge is -2.19. The minimum atomic E-state index is -0.0408. The van der Waals surface area contributed by atoms with Gasteiger partial charge in [0, 0.05) is 18.0 Å². The second kappa shape index (κ2) is 5.51.